The van der Waals surface area contributed by atoms with E-state index in [1.54, 1.807) is 12.1 Å². The molecule has 0 saturated carbocycles. The maximum atomic E-state index is 12.4. The number of ether oxygens (including phenoxy) is 1. The number of sulfonamides is 1. The Labute approximate surface area is 131 Å². The summed E-state index contributed by atoms with van der Waals surface area (Å²) in [5, 5.41) is 0. The number of pyridine rings is 1. The summed E-state index contributed by atoms with van der Waals surface area (Å²) in [5.74, 6) is -0.787. The number of nitrogens with one attached hydrogen (secondary N) is 1. The minimum atomic E-state index is -4.99. The normalized spacial score (nSPS) is 12.0. The third-order valence-corrected chi connectivity index (χ3v) is 4.17. The molecule has 124 valence electrons. The van der Waals surface area contributed by atoms with Gasteiger partial charge in [0.05, 0.1) is 0 Å². The summed E-state index contributed by atoms with van der Waals surface area (Å²) in [6.45, 7) is 1.84. The van der Waals surface area contributed by atoms with Gasteiger partial charge in [-0.1, -0.05) is 25.1 Å². The van der Waals surface area contributed by atoms with Gasteiger partial charge in [0.1, 0.15) is 16.5 Å². The van der Waals surface area contributed by atoms with E-state index in [1.807, 2.05) is 6.92 Å². The van der Waals surface area contributed by atoms with Crippen molar-refractivity contribution in [1.82, 2.24) is 4.98 Å². The highest BCUT2D eigenvalue weighted by Crippen LogP contribution is 2.30. The highest BCUT2D eigenvalue weighted by Gasteiger charge is 2.34. The van der Waals surface area contributed by atoms with Gasteiger partial charge in [-0.05, 0) is 30.7 Å². The molecule has 0 aliphatic rings. The first kappa shape index (κ1) is 17.1. The Morgan fingerprint density at radius 1 is 1.13 bits per heavy atom. The molecule has 0 amide bonds. The fourth-order valence-corrected chi connectivity index (χ4v) is 2.94. The Morgan fingerprint density at radius 2 is 1.83 bits per heavy atom. The van der Waals surface area contributed by atoms with Gasteiger partial charge in [0, 0.05) is 5.69 Å². The monoisotopic (exact) mass is 346 g/mol. The molecule has 2 aromatic rings. The largest absolute Gasteiger partial charge is 0.573 e. The number of aromatic nitrogens is 1. The molecule has 2 rings (SSSR count). The van der Waals surface area contributed by atoms with E-state index in [0.717, 1.165) is 12.1 Å². The summed E-state index contributed by atoms with van der Waals surface area (Å²) in [6, 6.07) is 9.21. The predicted octanol–water partition coefficient (Wildman–Crippen LogP) is 3.34. The molecule has 0 saturated heterocycles. The van der Waals surface area contributed by atoms with E-state index in [-0.39, 0.29) is 5.82 Å². The van der Waals surface area contributed by atoms with Gasteiger partial charge in [0.25, 0.3) is 10.0 Å². The zero-order valence-corrected chi connectivity index (χ0v) is 12.8. The van der Waals surface area contributed by atoms with E-state index in [9.17, 15) is 21.6 Å². The third kappa shape index (κ3) is 4.59. The number of halogens is 3. The van der Waals surface area contributed by atoms with Gasteiger partial charge in [0.15, 0.2) is 0 Å². The molecule has 0 bridgehead atoms. The summed E-state index contributed by atoms with van der Waals surface area (Å²) in [7, 11) is -4.28. The number of hydrogen-bond acceptors (Lipinski definition) is 4. The second-order valence-corrected chi connectivity index (χ2v) is 6.12. The van der Waals surface area contributed by atoms with Crippen molar-refractivity contribution >= 4 is 15.8 Å². The first-order valence-electron chi connectivity index (χ1n) is 6.55. The van der Waals surface area contributed by atoms with Crippen molar-refractivity contribution in [1.29, 1.82) is 0 Å². The van der Waals surface area contributed by atoms with Crippen molar-refractivity contribution in [3.05, 3.63) is 48.2 Å². The molecular formula is C14H13F3N2O3S. The molecule has 0 radical (unpaired) electrons. The number of alkyl halides is 3. The van der Waals surface area contributed by atoms with E-state index in [2.05, 4.69) is 14.4 Å². The van der Waals surface area contributed by atoms with Crippen LogP contribution in [0.5, 0.6) is 5.75 Å². The highest BCUT2D eigenvalue weighted by atomic mass is 32.2. The lowest BCUT2D eigenvalue weighted by Gasteiger charge is -2.14. The quantitative estimate of drug-likeness (QED) is 0.902. The average Bonchev–Trinajstić information content (AvgIpc) is 2.45. The van der Waals surface area contributed by atoms with E-state index in [0.29, 0.717) is 12.1 Å². The lowest BCUT2D eigenvalue weighted by Crippen LogP contribution is -2.21. The molecule has 9 heteroatoms. The van der Waals surface area contributed by atoms with Crippen LogP contribution in [0.15, 0.2) is 47.4 Å². The smallest absolute Gasteiger partial charge is 0.404 e. The van der Waals surface area contributed by atoms with Crippen molar-refractivity contribution in [3.63, 3.8) is 0 Å². The number of nitrogens with zero attached hydrogens (tertiary/aromatic N) is 1. The molecule has 1 aromatic heterocycles. The van der Waals surface area contributed by atoms with Crippen LogP contribution in [0.2, 0.25) is 0 Å². The van der Waals surface area contributed by atoms with E-state index >= 15 is 0 Å². The van der Waals surface area contributed by atoms with E-state index < -0.39 is 27.0 Å². The Kier molecular flexibility index (Phi) is 4.79. The highest BCUT2D eigenvalue weighted by molar-refractivity contribution is 7.92. The molecule has 0 spiro atoms. The fraction of sp³-hybridized carbons (Fsp3) is 0.214. The zero-order chi connectivity index (χ0) is 17.1. The molecule has 1 N–H and O–H groups in total. The van der Waals surface area contributed by atoms with Crippen molar-refractivity contribution < 1.29 is 26.3 Å². The summed E-state index contributed by atoms with van der Waals surface area (Å²) in [5.41, 5.74) is 0.644. The van der Waals surface area contributed by atoms with Gasteiger partial charge in [0.2, 0.25) is 0 Å². The predicted molar refractivity (Wildman–Crippen MR) is 77.5 cm³/mol. The SMILES string of the molecule is CCc1cccc(NS(=O)(=O)c2ccccc2OC(F)(F)F)n1. The molecule has 1 heterocycles. The topological polar surface area (TPSA) is 68.3 Å². The Morgan fingerprint density at radius 3 is 2.48 bits per heavy atom. The van der Waals surface area contributed by atoms with Crippen LogP contribution in [0.4, 0.5) is 19.0 Å². The molecule has 0 fully saturated rings. The standard InChI is InChI=1S/C14H13F3N2O3S/c1-2-10-6-5-9-13(18-10)19-23(20,21)12-8-4-3-7-11(12)22-14(15,16)17/h3-9H,2H2,1H3,(H,18,19). The molecule has 0 atom stereocenters. The summed E-state index contributed by atoms with van der Waals surface area (Å²) in [4.78, 5) is 3.43. The van der Waals surface area contributed by atoms with Crippen LogP contribution in [0.3, 0.4) is 0 Å². The van der Waals surface area contributed by atoms with Crippen LogP contribution < -0.4 is 9.46 Å². The first-order chi connectivity index (χ1) is 10.7. The van der Waals surface area contributed by atoms with Crippen LogP contribution in [-0.2, 0) is 16.4 Å². The Hall–Kier alpha value is -2.29. The van der Waals surface area contributed by atoms with Gasteiger partial charge in [-0.25, -0.2) is 13.4 Å². The maximum absolute atomic E-state index is 12.4. The van der Waals surface area contributed by atoms with E-state index in [1.165, 1.54) is 18.2 Å². The molecule has 0 aliphatic carbocycles. The zero-order valence-electron chi connectivity index (χ0n) is 12.0. The minimum absolute atomic E-state index is 0.0196. The Bertz CT molecular complexity index is 792. The van der Waals surface area contributed by atoms with Crippen molar-refractivity contribution in [3.8, 4) is 5.75 Å². The molecular weight excluding hydrogens is 333 g/mol. The number of anilines is 1. The van der Waals surface area contributed by atoms with Crippen LogP contribution in [0.1, 0.15) is 12.6 Å². The van der Waals surface area contributed by atoms with Crippen LogP contribution >= 0.6 is 0 Å². The molecule has 23 heavy (non-hydrogen) atoms. The third-order valence-electron chi connectivity index (χ3n) is 2.77. The maximum Gasteiger partial charge on any atom is 0.573 e. The van der Waals surface area contributed by atoms with Crippen molar-refractivity contribution in [2.24, 2.45) is 0 Å². The summed E-state index contributed by atoms with van der Waals surface area (Å²) < 4.78 is 67.7. The van der Waals surface area contributed by atoms with Crippen molar-refractivity contribution in [2.45, 2.75) is 24.6 Å². The summed E-state index contributed by atoms with van der Waals surface area (Å²) >= 11 is 0. The van der Waals surface area contributed by atoms with Gasteiger partial charge < -0.3 is 4.74 Å². The fourth-order valence-electron chi connectivity index (χ4n) is 1.81. The molecule has 0 aliphatic heterocycles. The number of para-hydroxylation sites is 1. The minimum Gasteiger partial charge on any atom is -0.404 e. The van der Waals surface area contributed by atoms with Gasteiger partial charge in [-0.15, -0.1) is 13.2 Å². The van der Waals surface area contributed by atoms with Crippen molar-refractivity contribution in [2.75, 3.05) is 4.72 Å². The average molecular weight is 346 g/mol. The van der Waals surface area contributed by atoms with E-state index in [4.69, 9.17) is 0 Å². The number of rotatable bonds is 5. The van der Waals surface area contributed by atoms with Gasteiger partial charge in [-0.2, -0.15) is 0 Å². The second-order valence-electron chi connectivity index (χ2n) is 4.47. The molecule has 5 nitrogen and oxygen atoms in total. The summed E-state index contributed by atoms with van der Waals surface area (Å²) in [6.07, 6.45) is -4.41. The Balaban J connectivity index is 2.36. The molecule has 1 aromatic carbocycles. The van der Waals surface area contributed by atoms with Crippen LogP contribution in [0, 0.1) is 0 Å². The first-order valence-corrected chi connectivity index (χ1v) is 8.03. The van der Waals surface area contributed by atoms with Crippen LogP contribution in [0.25, 0.3) is 0 Å². The van der Waals surface area contributed by atoms with Gasteiger partial charge in [-0.3, -0.25) is 4.72 Å². The number of benzene rings is 1. The molecule has 0 unspecified atom stereocenters. The lowest BCUT2D eigenvalue weighted by molar-refractivity contribution is -0.275. The van der Waals surface area contributed by atoms with Gasteiger partial charge >= 0.3 is 6.36 Å². The lowest BCUT2D eigenvalue weighted by atomic mass is 10.3. The number of aryl methyl sites for hydroxylation is 1. The second kappa shape index (κ2) is 6.45. The number of hydrogen-bond donors (Lipinski definition) is 1. The van der Waals surface area contributed by atoms with Crippen LogP contribution in [-0.4, -0.2) is 19.8 Å².